The molecular formula is C16H11ClFN3S. The maximum atomic E-state index is 14.3. The van der Waals surface area contributed by atoms with Crippen molar-refractivity contribution in [2.45, 2.75) is 11.4 Å². The van der Waals surface area contributed by atoms with E-state index in [1.165, 1.54) is 6.07 Å². The smallest absolute Gasteiger partial charge is 0.134 e. The molecule has 3 nitrogen and oxygen atoms in total. The second-order valence-corrected chi connectivity index (χ2v) is 6.52. The molecule has 1 aliphatic heterocycles. The third kappa shape index (κ3) is 2.26. The molecule has 0 saturated carbocycles. The number of nitrogens with one attached hydrogen (secondary N) is 1. The van der Waals surface area contributed by atoms with E-state index in [1.54, 1.807) is 24.2 Å². The van der Waals surface area contributed by atoms with Crippen LogP contribution in [0.15, 0.2) is 53.6 Å². The molecule has 0 aliphatic carbocycles. The second kappa shape index (κ2) is 5.34. The lowest BCUT2D eigenvalue weighted by Gasteiger charge is -2.29. The molecule has 2 aromatic carbocycles. The van der Waals surface area contributed by atoms with Crippen molar-refractivity contribution in [3.05, 3.63) is 65.1 Å². The molecule has 1 N–H and O–H groups in total. The summed E-state index contributed by atoms with van der Waals surface area (Å²) in [7, 11) is 0. The highest BCUT2D eigenvalue weighted by molar-refractivity contribution is 8.00. The number of benzene rings is 2. The summed E-state index contributed by atoms with van der Waals surface area (Å²) in [5.41, 5.74) is 3.17. The highest BCUT2D eigenvalue weighted by atomic mass is 35.5. The van der Waals surface area contributed by atoms with Gasteiger partial charge in [0.05, 0.1) is 29.7 Å². The summed E-state index contributed by atoms with van der Waals surface area (Å²) >= 11 is 7.48. The van der Waals surface area contributed by atoms with Gasteiger partial charge in [0.15, 0.2) is 0 Å². The first-order chi connectivity index (χ1) is 10.7. The lowest BCUT2D eigenvalue weighted by molar-refractivity contribution is 0.629. The fourth-order valence-electron chi connectivity index (χ4n) is 2.56. The predicted octanol–water partition coefficient (Wildman–Crippen LogP) is 4.90. The fraction of sp³-hybridized carbons (Fsp3) is 0.0625. The minimum Gasteiger partial charge on any atom is -0.307 e. The molecule has 0 unspecified atom stereocenters. The number of rotatable bonds is 2. The van der Waals surface area contributed by atoms with Gasteiger partial charge in [-0.25, -0.2) is 4.39 Å². The number of nitrogens with zero attached hydrogens (tertiary/aromatic N) is 2. The van der Waals surface area contributed by atoms with E-state index in [2.05, 4.69) is 14.5 Å². The molecule has 0 atom stereocenters. The van der Waals surface area contributed by atoms with Crippen LogP contribution in [0.5, 0.6) is 0 Å². The van der Waals surface area contributed by atoms with Crippen LogP contribution in [0.1, 0.15) is 5.56 Å². The molecule has 1 aromatic heterocycles. The number of aromatic amines is 1. The van der Waals surface area contributed by atoms with Crippen molar-refractivity contribution in [1.82, 2.24) is 10.2 Å². The van der Waals surface area contributed by atoms with Crippen molar-refractivity contribution < 1.29 is 4.39 Å². The number of H-pyrrole nitrogens is 1. The number of hydrogen-bond donors (Lipinski definition) is 1. The molecule has 0 bridgehead atoms. The van der Waals surface area contributed by atoms with E-state index >= 15 is 0 Å². The van der Waals surface area contributed by atoms with Gasteiger partial charge in [-0.3, -0.25) is 5.10 Å². The van der Waals surface area contributed by atoms with Gasteiger partial charge in [-0.2, -0.15) is 5.10 Å². The molecule has 4 rings (SSSR count). The van der Waals surface area contributed by atoms with E-state index < -0.39 is 0 Å². The van der Waals surface area contributed by atoms with Crippen LogP contribution in [0.4, 0.5) is 10.1 Å². The van der Waals surface area contributed by atoms with Crippen LogP contribution in [-0.4, -0.2) is 10.2 Å². The zero-order chi connectivity index (χ0) is 15.1. The van der Waals surface area contributed by atoms with Crippen molar-refractivity contribution in [3.63, 3.8) is 0 Å². The summed E-state index contributed by atoms with van der Waals surface area (Å²) < 4.78 is 16.4. The molecule has 6 heteroatoms. The van der Waals surface area contributed by atoms with Gasteiger partial charge < -0.3 is 4.31 Å². The predicted molar refractivity (Wildman–Crippen MR) is 87.5 cm³/mol. The fourth-order valence-corrected chi connectivity index (χ4v) is 3.65. The van der Waals surface area contributed by atoms with Gasteiger partial charge in [-0.1, -0.05) is 17.7 Å². The number of halogens is 2. The van der Waals surface area contributed by atoms with Crippen LogP contribution in [0, 0.1) is 5.82 Å². The maximum absolute atomic E-state index is 14.3. The highest BCUT2D eigenvalue weighted by Crippen LogP contribution is 2.43. The first-order valence-corrected chi connectivity index (χ1v) is 7.90. The van der Waals surface area contributed by atoms with Gasteiger partial charge in [0.2, 0.25) is 0 Å². The number of fused-ring (bicyclic) bond motifs is 3. The Kier molecular flexibility index (Phi) is 3.32. The summed E-state index contributed by atoms with van der Waals surface area (Å²) in [6, 6.07) is 12.7. The van der Waals surface area contributed by atoms with Crippen LogP contribution in [-0.2, 0) is 6.54 Å². The molecule has 1 aliphatic rings. The van der Waals surface area contributed by atoms with Crippen LogP contribution >= 0.6 is 23.5 Å². The lowest BCUT2D eigenvalue weighted by atomic mass is 10.0. The molecular weight excluding hydrogens is 321 g/mol. The van der Waals surface area contributed by atoms with Gasteiger partial charge in [0.1, 0.15) is 5.82 Å². The summed E-state index contributed by atoms with van der Waals surface area (Å²) in [6.45, 7) is 0.662. The quantitative estimate of drug-likeness (QED) is 0.678. The van der Waals surface area contributed by atoms with E-state index in [0.29, 0.717) is 17.1 Å². The van der Waals surface area contributed by atoms with Crippen LogP contribution < -0.4 is 4.31 Å². The monoisotopic (exact) mass is 331 g/mol. The first kappa shape index (κ1) is 13.7. The zero-order valence-corrected chi connectivity index (χ0v) is 13.0. The molecule has 0 saturated heterocycles. The average Bonchev–Trinajstić information content (AvgIpc) is 2.98. The Hall–Kier alpha value is -1.98. The Morgan fingerprint density at radius 2 is 2.00 bits per heavy atom. The van der Waals surface area contributed by atoms with Crippen molar-refractivity contribution >= 4 is 29.2 Å². The standard InChI is InChI=1S/C16H11ClFN3S/c17-11-4-6-12(7-5-11)22-21-9-10-8-19-20-16(10)15-13(18)2-1-3-14(15)21/h1-8H,9H2,(H,19,20). The summed E-state index contributed by atoms with van der Waals surface area (Å²) in [5, 5.41) is 7.66. The third-order valence-electron chi connectivity index (χ3n) is 3.57. The average molecular weight is 332 g/mol. The molecule has 0 fully saturated rings. The van der Waals surface area contributed by atoms with E-state index in [4.69, 9.17) is 11.6 Å². The Balaban J connectivity index is 1.77. The van der Waals surface area contributed by atoms with Crippen molar-refractivity contribution in [2.75, 3.05) is 4.31 Å². The van der Waals surface area contributed by atoms with Gasteiger partial charge in [-0.15, -0.1) is 0 Å². The third-order valence-corrected chi connectivity index (χ3v) is 4.85. The van der Waals surface area contributed by atoms with Crippen LogP contribution in [0.3, 0.4) is 0 Å². The lowest BCUT2D eigenvalue weighted by Crippen LogP contribution is -2.19. The number of hydrogen-bond acceptors (Lipinski definition) is 3. The topological polar surface area (TPSA) is 31.9 Å². The number of aromatic nitrogens is 2. The largest absolute Gasteiger partial charge is 0.307 e. The van der Waals surface area contributed by atoms with Crippen molar-refractivity contribution in [1.29, 1.82) is 0 Å². The zero-order valence-electron chi connectivity index (χ0n) is 11.4. The minimum absolute atomic E-state index is 0.246. The molecule has 3 aromatic rings. The van der Waals surface area contributed by atoms with E-state index in [0.717, 1.165) is 21.8 Å². The minimum atomic E-state index is -0.246. The normalized spacial score (nSPS) is 12.9. The molecule has 2 heterocycles. The van der Waals surface area contributed by atoms with Crippen molar-refractivity contribution in [2.24, 2.45) is 0 Å². The van der Waals surface area contributed by atoms with Crippen molar-refractivity contribution in [3.8, 4) is 11.3 Å². The SMILES string of the molecule is Fc1cccc2c1-c1[nH]ncc1CN2Sc1ccc(Cl)cc1. The molecule has 22 heavy (non-hydrogen) atoms. The van der Waals surface area contributed by atoms with E-state index in [9.17, 15) is 4.39 Å². The highest BCUT2D eigenvalue weighted by Gasteiger charge is 2.26. The molecule has 0 radical (unpaired) electrons. The molecule has 110 valence electrons. The van der Waals surface area contributed by atoms with Crippen LogP contribution in [0.2, 0.25) is 5.02 Å². The van der Waals surface area contributed by atoms with E-state index in [1.807, 2.05) is 30.3 Å². The van der Waals surface area contributed by atoms with E-state index in [-0.39, 0.29) is 5.82 Å². The molecule has 0 spiro atoms. The molecule has 0 amide bonds. The summed E-state index contributed by atoms with van der Waals surface area (Å²) in [5.74, 6) is -0.246. The summed E-state index contributed by atoms with van der Waals surface area (Å²) in [4.78, 5) is 1.05. The first-order valence-electron chi connectivity index (χ1n) is 6.74. The van der Waals surface area contributed by atoms with Gasteiger partial charge in [-0.05, 0) is 48.3 Å². The Morgan fingerprint density at radius 3 is 2.82 bits per heavy atom. The van der Waals surface area contributed by atoms with Gasteiger partial charge in [0.25, 0.3) is 0 Å². The Bertz CT molecular complexity index is 832. The maximum Gasteiger partial charge on any atom is 0.134 e. The van der Waals surface area contributed by atoms with Gasteiger partial charge >= 0.3 is 0 Å². The number of anilines is 1. The summed E-state index contributed by atoms with van der Waals surface area (Å²) in [6.07, 6.45) is 1.75. The Morgan fingerprint density at radius 1 is 1.18 bits per heavy atom. The van der Waals surface area contributed by atoms with Gasteiger partial charge in [0, 0.05) is 15.5 Å². The second-order valence-electron chi connectivity index (χ2n) is 4.99. The Labute approximate surface area is 136 Å². The van der Waals surface area contributed by atoms with Crippen LogP contribution in [0.25, 0.3) is 11.3 Å².